The normalized spacial score (nSPS) is 10.9. The van der Waals surface area contributed by atoms with Gasteiger partial charge in [0.05, 0.1) is 4.92 Å². The van der Waals surface area contributed by atoms with Crippen molar-refractivity contribution in [3.63, 3.8) is 0 Å². The van der Waals surface area contributed by atoms with Gasteiger partial charge in [-0.25, -0.2) is 0 Å². The van der Waals surface area contributed by atoms with Gasteiger partial charge in [-0.1, -0.05) is 30.3 Å². The van der Waals surface area contributed by atoms with Crippen LogP contribution in [0.1, 0.15) is 30.8 Å². The lowest BCUT2D eigenvalue weighted by Crippen LogP contribution is -2.21. The van der Waals surface area contributed by atoms with E-state index >= 15 is 0 Å². The Kier molecular flexibility index (Phi) is 7.22. The topological polar surface area (TPSA) is 122 Å². The molecule has 0 fully saturated rings. The predicted octanol–water partition coefficient (Wildman–Crippen LogP) is 3.98. The molecule has 0 spiro atoms. The molecule has 3 aromatic rings. The monoisotopic (exact) mass is 436 g/mol. The maximum absolute atomic E-state index is 11.9. The van der Waals surface area contributed by atoms with Crippen LogP contribution in [-0.4, -0.2) is 33.1 Å². The minimum atomic E-state index is -1.03. The molecule has 1 aromatic heterocycles. The summed E-state index contributed by atoms with van der Waals surface area (Å²) in [4.78, 5) is 29.9. The number of aromatic amines is 1. The highest BCUT2D eigenvalue weighted by molar-refractivity contribution is 5.72. The van der Waals surface area contributed by atoms with E-state index < -0.39 is 22.0 Å². The average Bonchev–Trinajstić information content (AvgIpc) is 2.77. The number of rotatable bonds is 9. The third kappa shape index (κ3) is 5.31. The van der Waals surface area contributed by atoms with Gasteiger partial charge in [-0.05, 0) is 43.7 Å². The summed E-state index contributed by atoms with van der Waals surface area (Å²) in [7, 11) is 0. The first-order valence-corrected chi connectivity index (χ1v) is 10.1. The number of nitro groups is 1. The number of ether oxygens (including phenoxy) is 1. The second-order valence-electron chi connectivity index (χ2n) is 6.88. The van der Waals surface area contributed by atoms with Gasteiger partial charge in [0.15, 0.2) is 0 Å². The van der Waals surface area contributed by atoms with Gasteiger partial charge in [0.1, 0.15) is 18.2 Å². The minimum absolute atomic E-state index is 0.0140. The molecule has 32 heavy (non-hydrogen) atoms. The number of anilines is 1. The molecule has 3 rings (SSSR count). The van der Waals surface area contributed by atoms with Crippen molar-refractivity contribution in [3.05, 3.63) is 86.0 Å². The SMILES string of the molecule is CCN(CC)c1ccc(C=Cc2nc(O)c([N+](=O)[O-])c(=O)[nH]2)c(OCc2ccccc2)c1. The smallest absolute Gasteiger partial charge is 0.395 e. The van der Waals surface area contributed by atoms with E-state index in [1.807, 2.05) is 48.5 Å². The number of aromatic hydroxyl groups is 1. The molecule has 0 aliphatic carbocycles. The molecular formula is C23H24N4O5. The molecule has 1 heterocycles. The molecule has 0 aliphatic heterocycles. The van der Waals surface area contributed by atoms with Crippen LogP contribution in [0.15, 0.2) is 53.3 Å². The first kappa shape index (κ1) is 22.5. The summed E-state index contributed by atoms with van der Waals surface area (Å²) in [5.41, 5.74) is 0.728. The zero-order valence-corrected chi connectivity index (χ0v) is 17.8. The zero-order valence-electron chi connectivity index (χ0n) is 17.8. The van der Waals surface area contributed by atoms with Crippen molar-refractivity contribution >= 4 is 23.5 Å². The van der Waals surface area contributed by atoms with E-state index in [4.69, 9.17) is 4.74 Å². The second-order valence-corrected chi connectivity index (χ2v) is 6.88. The van der Waals surface area contributed by atoms with Gasteiger partial charge < -0.3 is 19.7 Å². The third-order valence-corrected chi connectivity index (χ3v) is 4.86. The van der Waals surface area contributed by atoms with E-state index in [-0.39, 0.29) is 5.82 Å². The fraction of sp³-hybridized carbons (Fsp3) is 0.217. The Morgan fingerprint density at radius 2 is 1.88 bits per heavy atom. The average molecular weight is 436 g/mol. The highest BCUT2D eigenvalue weighted by atomic mass is 16.6. The number of H-pyrrole nitrogens is 1. The maximum Gasteiger partial charge on any atom is 0.395 e. The zero-order chi connectivity index (χ0) is 23.1. The van der Waals surface area contributed by atoms with Gasteiger partial charge in [-0.2, -0.15) is 4.98 Å². The standard InChI is InChI=1S/C23H24N4O5/c1-3-26(4-2)18-12-10-17(19(14-18)32-15-16-8-6-5-7-9-16)11-13-20-24-22(28)21(27(30)31)23(29)25-20/h5-14H,3-4,15H2,1-2H3,(H2,24,25,28,29). The molecule has 9 heteroatoms. The molecule has 0 atom stereocenters. The highest BCUT2D eigenvalue weighted by Gasteiger charge is 2.21. The number of nitrogens with one attached hydrogen (secondary N) is 1. The van der Waals surface area contributed by atoms with Crippen molar-refractivity contribution < 1.29 is 14.8 Å². The van der Waals surface area contributed by atoms with Crippen LogP contribution in [0.5, 0.6) is 11.6 Å². The van der Waals surface area contributed by atoms with Gasteiger partial charge in [0, 0.05) is 30.4 Å². The lowest BCUT2D eigenvalue weighted by atomic mass is 10.1. The Balaban J connectivity index is 1.93. The van der Waals surface area contributed by atoms with E-state index in [0.717, 1.165) is 29.9 Å². The quantitative estimate of drug-likeness (QED) is 0.384. The van der Waals surface area contributed by atoms with Gasteiger partial charge in [-0.3, -0.25) is 14.9 Å². The van der Waals surface area contributed by atoms with E-state index in [0.29, 0.717) is 12.4 Å². The summed E-state index contributed by atoms with van der Waals surface area (Å²) in [5.74, 6) is -0.321. The lowest BCUT2D eigenvalue weighted by Gasteiger charge is -2.22. The summed E-state index contributed by atoms with van der Waals surface area (Å²) in [6.45, 7) is 6.21. The summed E-state index contributed by atoms with van der Waals surface area (Å²) in [5, 5.41) is 20.6. The van der Waals surface area contributed by atoms with E-state index in [9.17, 15) is 20.0 Å². The molecule has 0 radical (unpaired) electrons. The maximum atomic E-state index is 11.9. The molecular weight excluding hydrogens is 412 g/mol. The Labute approximate surface area is 184 Å². The van der Waals surface area contributed by atoms with Crippen molar-refractivity contribution in [1.82, 2.24) is 9.97 Å². The molecule has 166 valence electrons. The van der Waals surface area contributed by atoms with Crippen molar-refractivity contribution in [3.8, 4) is 11.6 Å². The summed E-state index contributed by atoms with van der Waals surface area (Å²) >= 11 is 0. The lowest BCUT2D eigenvalue weighted by molar-refractivity contribution is -0.387. The van der Waals surface area contributed by atoms with Crippen LogP contribution in [0.25, 0.3) is 12.2 Å². The van der Waals surface area contributed by atoms with Crippen molar-refractivity contribution in [1.29, 1.82) is 0 Å². The minimum Gasteiger partial charge on any atom is -0.488 e. The van der Waals surface area contributed by atoms with Crippen LogP contribution >= 0.6 is 0 Å². The van der Waals surface area contributed by atoms with Crippen molar-refractivity contribution in [2.75, 3.05) is 18.0 Å². The second kappa shape index (κ2) is 10.3. The van der Waals surface area contributed by atoms with E-state index in [2.05, 4.69) is 28.7 Å². The van der Waals surface area contributed by atoms with Gasteiger partial charge in [0.25, 0.3) is 5.88 Å². The van der Waals surface area contributed by atoms with Crippen LogP contribution in [0.2, 0.25) is 0 Å². The van der Waals surface area contributed by atoms with Crippen molar-refractivity contribution in [2.24, 2.45) is 0 Å². The van der Waals surface area contributed by atoms with Crippen molar-refractivity contribution in [2.45, 2.75) is 20.5 Å². The Morgan fingerprint density at radius 1 is 1.16 bits per heavy atom. The van der Waals surface area contributed by atoms with Gasteiger partial charge in [0.2, 0.25) is 0 Å². The molecule has 0 saturated heterocycles. The molecule has 0 bridgehead atoms. The molecule has 2 N–H and O–H groups in total. The molecule has 0 unspecified atom stereocenters. The van der Waals surface area contributed by atoms with Crippen LogP contribution in [-0.2, 0) is 6.61 Å². The number of nitrogens with zero attached hydrogens (tertiary/aromatic N) is 3. The number of hydrogen-bond acceptors (Lipinski definition) is 7. The Morgan fingerprint density at radius 3 is 2.50 bits per heavy atom. The molecule has 2 aromatic carbocycles. The first-order valence-electron chi connectivity index (χ1n) is 10.1. The van der Waals surface area contributed by atoms with Crippen LogP contribution in [0.4, 0.5) is 11.4 Å². The Hall–Kier alpha value is -4.14. The highest BCUT2D eigenvalue weighted by Crippen LogP contribution is 2.28. The van der Waals surface area contributed by atoms with Crippen LogP contribution in [0, 0.1) is 10.1 Å². The summed E-state index contributed by atoms with van der Waals surface area (Å²) in [6.07, 6.45) is 3.11. The van der Waals surface area contributed by atoms with Crippen LogP contribution < -0.4 is 15.2 Å². The number of hydrogen-bond donors (Lipinski definition) is 2. The van der Waals surface area contributed by atoms with Gasteiger partial charge in [-0.15, -0.1) is 0 Å². The summed E-state index contributed by atoms with van der Waals surface area (Å²) < 4.78 is 6.08. The van der Waals surface area contributed by atoms with Gasteiger partial charge >= 0.3 is 11.2 Å². The fourth-order valence-electron chi connectivity index (χ4n) is 3.19. The van der Waals surface area contributed by atoms with E-state index in [1.165, 1.54) is 6.08 Å². The molecule has 0 aliphatic rings. The molecule has 0 amide bonds. The number of benzene rings is 2. The summed E-state index contributed by atoms with van der Waals surface area (Å²) in [6, 6.07) is 15.5. The fourth-order valence-corrected chi connectivity index (χ4v) is 3.19. The molecule has 9 nitrogen and oxygen atoms in total. The predicted molar refractivity (Wildman–Crippen MR) is 123 cm³/mol. The van der Waals surface area contributed by atoms with E-state index in [1.54, 1.807) is 6.08 Å². The first-order chi connectivity index (χ1) is 15.4. The largest absolute Gasteiger partial charge is 0.488 e. The number of aromatic nitrogens is 2. The third-order valence-electron chi connectivity index (χ3n) is 4.86. The van der Waals surface area contributed by atoms with Crippen LogP contribution in [0.3, 0.4) is 0 Å². The molecule has 0 saturated carbocycles. The Bertz CT molecular complexity index is 1170.